The Labute approximate surface area is 229 Å². The van der Waals surface area contributed by atoms with E-state index in [-0.39, 0.29) is 17.2 Å². The number of thioether (sulfide) groups is 1. The molecule has 0 fully saturated rings. The van der Waals surface area contributed by atoms with Crippen LogP contribution in [-0.4, -0.2) is 34.5 Å². The van der Waals surface area contributed by atoms with Crippen LogP contribution in [0.3, 0.4) is 0 Å². The highest BCUT2D eigenvalue weighted by atomic mass is 32.2. The zero-order chi connectivity index (χ0) is 26.5. The summed E-state index contributed by atoms with van der Waals surface area (Å²) >= 11 is 2.84. The van der Waals surface area contributed by atoms with Crippen LogP contribution in [0.25, 0.3) is 22.0 Å². The lowest BCUT2D eigenvalue weighted by Crippen LogP contribution is -2.24. The molecule has 0 spiro atoms. The largest absolute Gasteiger partial charge is 0.496 e. The molecule has 4 aromatic rings. The number of fused-ring (bicyclic) bond motifs is 3. The number of nitrogens with one attached hydrogen (secondary N) is 1. The molecule has 0 aliphatic heterocycles. The maximum atomic E-state index is 13.8. The number of allylic oxidation sites excluding steroid dienone is 1. The molecule has 9 heteroatoms. The quantitative estimate of drug-likeness (QED) is 0.136. The van der Waals surface area contributed by atoms with Crippen LogP contribution < -0.4 is 15.7 Å². The Balaban J connectivity index is 1.34. The van der Waals surface area contributed by atoms with Gasteiger partial charge in [-0.2, -0.15) is 5.10 Å². The highest BCUT2D eigenvalue weighted by Gasteiger charge is 2.23. The summed E-state index contributed by atoms with van der Waals surface area (Å²) in [5.74, 6) is 0.545. The maximum Gasteiger partial charge on any atom is 0.267 e. The summed E-state index contributed by atoms with van der Waals surface area (Å²) in [6, 6.07) is 15.4. The molecule has 0 radical (unpaired) electrons. The van der Waals surface area contributed by atoms with Gasteiger partial charge in [-0.3, -0.25) is 14.2 Å². The molecule has 1 aliphatic carbocycles. The van der Waals surface area contributed by atoms with E-state index in [2.05, 4.69) is 10.5 Å². The Kier molecular flexibility index (Phi) is 8.05. The van der Waals surface area contributed by atoms with E-state index in [0.29, 0.717) is 5.16 Å². The number of nitrogens with zero attached hydrogens (tertiary/aromatic N) is 3. The fourth-order valence-corrected chi connectivity index (χ4v) is 6.58. The minimum absolute atomic E-state index is 0.0688. The fraction of sp³-hybridized carbons (Fsp3) is 0.241. The first kappa shape index (κ1) is 25.9. The van der Waals surface area contributed by atoms with Gasteiger partial charge in [0.05, 0.1) is 23.9 Å². The fourth-order valence-electron chi connectivity index (χ4n) is 4.47. The normalized spacial score (nSPS) is 13.3. The average Bonchev–Trinajstić information content (AvgIpc) is 3.31. The molecule has 0 saturated carbocycles. The predicted octanol–water partition coefficient (Wildman–Crippen LogP) is 5.55. The van der Waals surface area contributed by atoms with E-state index in [0.717, 1.165) is 64.0 Å². The molecule has 1 aliphatic rings. The first-order valence-electron chi connectivity index (χ1n) is 12.4. The van der Waals surface area contributed by atoms with E-state index in [9.17, 15) is 9.59 Å². The number of ether oxygens (including phenoxy) is 1. The highest BCUT2D eigenvalue weighted by molar-refractivity contribution is 7.99. The van der Waals surface area contributed by atoms with Crippen molar-refractivity contribution in [3.8, 4) is 11.4 Å². The second-order valence-electron chi connectivity index (χ2n) is 8.96. The standard InChI is InChI=1S/C29H28N4O3S2/c1-19-13-15-21(16-14-19)33-28(35)26-22-10-4-6-12-24(22)38-27(26)31-29(33)37-18-25(34)32-30-17-7-9-20-8-3-5-11-23(20)36-2/h3,5,7-9,11,13-17H,4,6,10,12,18H2,1-2H3,(H,32,34). The van der Waals surface area contributed by atoms with Gasteiger partial charge in [0.1, 0.15) is 10.6 Å². The van der Waals surface area contributed by atoms with Gasteiger partial charge in [-0.05, 0) is 68.5 Å². The maximum absolute atomic E-state index is 13.8. The number of carbonyl (C=O) groups excluding carboxylic acids is 1. The van der Waals surface area contributed by atoms with Gasteiger partial charge in [0.15, 0.2) is 5.16 Å². The number of para-hydroxylation sites is 1. The van der Waals surface area contributed by atoms with E-state index in [1.54, 1.807) is 29.1 Å². The summed E-state index contributed by atoms with van der Waals surface area (Å²) in [4.78, 5) is 33.2. The molecule has 38 heavy (non-hydrogen) atoms. The molecular weight excluding hydrogens is 516 g/mol. The third kappa shape index (κ3) is 5.58. The van der Waals surface area contributed by atoms with E-state index < -0.39 is 0 Å². The molecule has 194 valence electrons. The minimum Gasteiger partial charge on any atom is -0.496 e. The van der Waals surface area contributed by atoms with Crippen LogP contribution in [0.15, 0.2) is 69.7 Å². The van der Waals surface area contributed by atoms with Crippen molar-refractivity contribution in [2.45, 2.75) is 37.8 Å². The molecule has 2 aromatic carbocycles. The van der Waals surface area contributed by atoms with Crippen molar-refractivity contribution in [1.29, 1.82) is 0 Å². The van der Waals surface area contributed by atoms with Crippen LogP contribution in [-0.2, 0) is 17.6 Å². The number of hydrazone groups is 1. The van der Waals surface area contributed by atoms with Gasteiger partial charge < -0.3 is 4.74 Å². The number of methoxy groups -OCH3 is 1. The number of rotatable bonds is 8. The van der Waals surface area contributed by atoms with Gasteiger partial charge in [-0.1, -0.05) is 47.7 Å². The van der Waals surface area contributed by atoms with Crippen molar-refractivity contribution in [3.63, 3.8) is 0 Å². The van der Waals surface area contributed by atoms with Crippen LogP contribution in [0.2, 0.25) is 0 Å². The second-order valence-corrected chi connectivity index (χ2v) is 11.0. The summed E-state index contributed by atoms with van der Waals surface area (Å²) in [6.07, 6.45) is 9.24. The SMILES string of the molecule is COc1ccccc1C=CC=NNC(=O)CSc1nc2sc3c(c2c(=O)n1-c1ccc(C)cc1)CCCC3. The van der Waals surface area contributed by atoms with Gasteiger partial charge >= 0.3 is 0 Å². The Morgan fingerprint density at radius 3 is 2.79 bits per heavy atom. The Morgan fingerprint density at radius 2 is 1.97 bits per heavy atom. The van der Waals surface area contributed by atoms with Crippen LogP contribution >= 0.6 is 23.1 Å². The summed E-state index contributed by atoms with van der Waals surface area (Å²) in [5.41, 5.74) is 6.39. The lowest BCUT2D eigenvalue weighted by molar-refractivity contribution is -0.118. The van der Waals surface area contributed by atoms with Crippen molar-refractivity contribution >= 4 is 51.5 Å². The van der Waals surface area contributed by atoms with Crippen LogP contribution in [0.5, 0.6) is 5.75 Å². The van der Waals surface area contributed by atoms with E-state index in [4.69, 9.17) is 9.72 Å². The van der Waals surface area contributed by atoms with Crippen molar-refractivity contribution in [3.05, 3.63) is 86.5 Å². The number of hydrogen-bond donors (Lipinski definition) is 1. The molecule has 5 rings (SSSR count). The summed E-state index contributed by atoms with van der Waals surface area (Å²) in [6.45, 7) is 2.01. The number of carbonyl (C=O) groups is 1. The molecule has 1 N–H and O–H groups in total. The topological polar surface area (TPSA) is 85.6 Å². The molecule has 2 aromatic heterocycles. The molecule has 2 heterocycles. The zero-order valence-corrected chi connectivity index (χ0v) is 22.9. The zero-order valence-electron chi connectivity index (χ0n) is 21.3. The monoisotopic (exact) mass is 544 g/mol. The lowest BCUT2D eigenvalue weighted by atomic mass is 9.97. The first-order chi connectivity index (χ1) is 18.5. The highest BCUT2D eigenvalue weighted by Crippen LogP contribution is 2.35. The van der Waals surface area contributed by atoms with Crippen LogP contribution in [0.1, 0.15) is 34.4 Å². The molecule has 0 bridgehead atoms. The van der Waals surface area contributed by atoms with Gasteiger partial charge in [-0.25, -0.2) is 10.4 Å². The molecule has 0 unspecified atom stereocenters. The second kappa shape index (κ2) is 11.8. The van der Waals surface area contributed by atoms with Crippen LogP contribution in [0, 0.1) is 6.92 Å². The molecule has 1 amide bonds. The van der Waals surface area contributed by atoms with Gasteiger partial charge in [0, 0.05) is 16.7 Å². The summed E-state index contributed by atoms with van der Waals surface area (Å²) in [7, 11) is 1.62. The number of aryl methyl sites for hydroxylation is 3. The smallest absolute Gasteiger partial charge is 0.267 e. The molecule has 7 nitrogen and oxygen atoms in total. The van der Waals surface area contributed by atoms with E-state index >= 15 is 0 Å². The van der Waals surface area contributed by atoms with Gasteiger partial charge in [0.25, 0.3) is 11.5 Å². The van der Waals surface area contributed by atoms with Crippen LogP contribution in [0.4, 0.5) is 0 Å². The third-order valence-corrected chi connectivity index (χ3v) is 8.47. The number of thiophene rings is 1. The lowest BCUT2D eigenvalue weighted by Gasteiger charge is -2.13. The predicted molar refractivity (Wildman–Crippen MR) is 156 cm³/mol. The summed E-state index contributed by atoms with van der Waals surface area (Å²) in [5, 5.41) is 5.23. The Hall–Kier alpha value is -3.69. The van der Waals surface area contributed by atoms with E-state index in [1.807, 2.05) is 61.5 Å². The van der Waals surface area contributed by atoms with Crippen molar-refractivity contribution in [2.75, 3.05) is 12.9 Å². The number of benzene rings is 2. The molecule has 0 saturated heterocycles. The molecular formula is C29H28N4O3S2. The average molecular weight is 545 g/mol. The van der Waals surface area contributed by atoms with Crippen molar-refractivity contribution in [1.82, 2.24) is 15.0 Å². The van der Waals surface area contributed by atoms with Crippen molar-refractivity contribution < 1.29 is 9.53 Å². The number of hydrogen-bond acceptors (Lipinski definition) is 7. The first-order valence-corrected chi connectivity index (χ1v) is 14.2. The third-order valence-electron chi connectivity index (χ3n) is 6.35. The summed E-state index contributed by atoms with van der Waals surface area (Å²) < 4.78 is 6.96. The number of amides is 1. The van der Waals surface area contributed by atoms with Gasteiger partial charge in [0.2, 0.25) is 0 Å². The Bertz CT molecular complexity index is 1590. The van der Waals surface area contributed by atoms with E-state index in [1.165, 1.54) is 22.9 Å². The minimum atomic E-state index is -0.285. The van der Waals surface area contributed by atoms with Crippen molar-refractivity contribution in [2.24, 2.45) is 5.10 Å². The molecule has 0 atom stereocenters. The number of aromatic nitrogens is 2. The Morgan fingerprint density at radius 1 is 1.18 bits per heavy atom. The van der Waals surface area contributed by atoms with Gasteiger partial charge in [-0.15, -0.1) is 11.3 Å².